The molecule has 2 aliphatic carbocycles. The highest BCUT2D eigenvalue weighted by Gasteiger charge is 2.20. The van der Waals surface area contributed by atoms with Crippen molar-refractivity contribution in [1.29, 1.82) is 0 Å². The standard InChI is InChI=1S/C34H48N2O10/c1-25(2)31(37)43-23-29(21-41-27-15-9-7-10-16-27)45-33(39)35-19-13-5-6-14-20-36-34(40)46-30(24-44-32(38)26(3)4)22-42-28-17-11-8-12-18-28/h7,9,11,15,17-18,29-30H,1,3,5-6,8,10,12-14,16,19-24H2,2,4H3,(H,35,39)(H,36,40). The number of rotatable bonds is 21. The van der Waals surface area contributed by atoms with Crippen molar-refractivity contribution < 1.29 is 47.6 Å². The summed E-state index contributed by atoms with van der Waals surface area (Å²) in [6, 6.07) is 0. The number of alkyl carbamates (subject to hydrolysis) is 2. The summed E-state index contributed by atoms with van der Waals surface area (Å²) in [5.74, 6) is 0.308. The van der Waals surface area contributed by atoms with E-state index in [1.165, 1.54) is 13.8 Å². The van der Waals surface area contributed by atoms with Gasteiger partial charge < -0.3 is 39.1 Å². The van der Waals surface area contributed by atoms with E-state index in [2.05, 4.69) is 23.8 Å². The number of amides is 2. The molecular weight excluding hydrogens is 596 g/mol. The van der Waals surface area contributed by atoms with Crippen molar-refractivity contribution in [3.05, 3.63) is 72.3 Å². The zero-order valence-corrected chi connectivity index (χ0v) is 27.0. The number of allylic oxidation sites excluding steroid dienone is 7. The monoisotopic (exact) mass is 644 g/mol. The Morgan fingerprint density at radius 3 is 1.78 bits per heavy atom. The molecule has 0 spiro atoms. The lowest BCUT2D eigenvalue weighted by molar-refractivity contribution is -0.143. The first-order chi connectivity index (χ1) is 22.1. The normalized spacial score (nSPS) is 14.8. The second kappa shape index (κ2) is 22.1. The molecule has 254 valence electrons. The van der Waals surface area contributed by atoms with Gasteiger partial charge in [0.05, 0.1) is 5.76 Å². The average Bonchev–Trinajstić information content (AvgIpc) is 3.05. The highest BCUT2D eigenvalue weighted by molar-refractivity contribution is 5.87. The number of nitrogens with one attached hydrogen (secondary N) is 2. The number of esters is 2. The summed E-state index contributed by atoms with van der Waals surface area (Å²) >= 11 is 0. The molecular formula is C34H48N2O10. The SMILES string of the molecule is C=C(C)C(=O)OCC(COC1=CCCC=C1)OC(=O)NCCCCCCNC(=O)OC(COC(=O)C(=C)C)COC1=CC=CCC1. The lowest BCUT2D eigenvalue weighted by atomic mass is 10.2. The Morgan fingerprint density at radius 1 is 0.739 bits per heavy atom. The predicted octanol–water partition coefficient (Wildman–Crippen LogP) is 5.48. The summed E-state index contributed by atoms with van der Waals surface area (Å²) in [5, 5.41) is 5.40. The van der Waals surface area contributed by atoms with Gasteiger partial charge in [0.15, 0.2) is 12.2 Å². The molecule has 2 unspecified atom stereocenters. The Bertz CT molecular complexity index is 1170. The van der Waals surface area contributed by atoms with E-state index >= 15 is 0 Å². The Labute approximate surface area is 271 Å². The van der Waals surface area contributed by atoms with Gasteiger partial charge >= 0.3 is 24.1 Å². The van der Waals surface area contributed by atoms with Gasteiger partial charge in [-0.3, -0.25) is 0 Å². The maximum absolute atomic E-state index is 12.4. The van der Waals surface area contributed by atoms with Gasteiger partial charge in [0.2, 0.25) is 0 Å². The van der Waals surface area contributed by atoms with E-state index < -0.39 is 36.3 Å². The Morgan fingerprint density at radius 2 is 1.30 bits per heavy atom. The zero-order chi connectivity index (χ0) is 33.6. The number of unbranched alkanes of at least 4 members (excludes halogenated alkanes) is 3. The summed E-state index contributed by atoms with van der Waals surface area (Å²) in [5.41, 5.74) is 0.494. The zero-order valence-electron chi connectivity index (χ0n) is 27.0. The number of carbonyl (C=O) groups is 4. The summed E-state index contributed by atoms with van der Waals surface area (Å²) in [6.07, 6.45) is 15.1. The fourth-order valence-corrected chi connectivity index (χ4v) is 3.97. The van der Waals surface area contributed by atoms with Crippen molar-refractivity contribution in [2.75, 3.05) is 39.5 Å². The third-order valence-electron chi connectivity index (χ3n) is 6.51. The summed E-state index contributed by atoms with van der Waals surface area (Å²) in [4.78, 5) is 48.3. The van der Waals surface area contributed by atoms with Crippen molar-refractivity contribution in [3.63, 3.8) is 0 Å². The van der Waals surface area contributed by atoms with Crippen LogP contribution in [0, 0.1) is 0 Å². The molecule has 0 aromatic rings. The Hall–Kier alpha value is -4.48. The fraction of sp³-hybridized carbons (Fsp3) is 0.529. The molecule has 46 heavy (non-hydrogen) atoms. The summed E-state index contributed by atoms with van der Waals surface area (Å²) in [6.45, 7) is 10.7. The fourth-order valence-electron chi connectivity index (χ4n) is 3.97. The van der Waals surface area contributed by atoms with Crippen molar-refractivity contribution in [1.82, 2.24) is 10.6 Å². The number of hydrogen-bond donors (Lipinski definition) is 2. The van der Waals surface area contributed by atoms with E-state index in [0.29, 0.717) is 31.7 Å². The quantitative estimate of drug-likeness (QED) is 0.0713. The third kappa shape index (κ3) is 17.1. The molecule has 0 saturated carbocycles. The van der Waals surface area contributed by atoms with Crippen LogP contribution in [0.1, 0.15) is 65.2 Å². The van der Waals surface area contributed by atoms with Gasteiger partial charge in [-0.25, -0.2) is 19.2 Å². The molecule has 0 aromatic carbocycles. The first-order valence-electron chi connectivity index (χ1n) is 15.7. The third-order valence-corrected chi connectivity index (χ3v) is 6.51. The number of hydrogen-bond acceptors (Lipinski definition) is 10. The van der Waals surface area contributed by atoms with E-state index in [0.717, 1.165) is 44.3 Å². The first-order valence-corrected chi connectivity index (χ1v) is 15.7. The van der Waals surface area contributed by atoms with Crippen LogP contribution in [0.2, 0.25) is 0 Å². The maximum atomic E-state index is 12.4. The van der Waals surface area contributed by atoms with Crippen LogP contribution in [0.25, 0.3) is 0 Å². The summed E-state index contributed by atoms with van der Waals surface area (Å²) in [7, 11) is 0. The molecule has 12 heteroatoms. The molecule has 0 aliphatic heterocycles. The highest BCUT2D eigenvalue weighted by Crippen LogP contribution is 2.14. The molecule has 2 amide bonds. The molecule has 0 fully saturated rings. The predicted molar refractivity (Wildman–Crippen MR) is 171 cm³/mol. The van der Waals surface area contributed by atoms with Gasteiger partial charge in [-0.1, -0.05) is 44.2 Å². The van der Waals surface area contributed by atoms with Gasteiger partial charge in [-0.05, 0) is 64.2 Å². The lowest BCUT2D eigenvalue weighted by Gasteiger charge is -2.20. The Kier molecular flexibility index (Phi) is 18.1. The van der Waals surface area contributed by atoms with Crippen LogP contribution in [0.3, 0.4) is 0 Å². The van der Waals surface area contributed by atoms with Crippen molar-refractivity contribution in [2.45, 2.75) is 77.4 Å². The molecule has 2 N–H and O–H groups in total. The van der Waals surface area contributed by atoms with Gasteiger partial charge in [-0.2, -0.15) is 0 Å². The second-order valence-corrected chi connectivity index (χ2v) is 10.9. The maximum Gasteiger partial charge on any atom is 0.407 e. The lowest BCUT2D eigenvalue weighted by Crippen LogP contribution is -2.35. The van der Waals surface area contributed by atoms with E-state index in [1.54, 1.807) is 0 Å². The van der Waals surface area contributed by atoms with Crippen LogP contribution in [0.15, 0.2) is 72.3 Å². The minimum absolute atomic E-state index is 0.0333. The molecule has 0 aromatic heterocycles. The van der Waals surface area contributed by atoms with Gasteiger partial charge in [0.25, 0.3) is 0 Å². The summed E-state index contributed by atoms with van der Waals surface area (Å²) < 4.78 is 32.6. The number of carbonyl (C=O) groups excluding carboxylic acids is 4. The van der Waals surface area contributed by atoms with Crippen LogP contribution in [0.5, 0.6) is 0 Å². The molecule has 12 nitrogen and oxygen atoms in total. The van der Waals surface area contributed by atoms with Crippen molar-refractivity contribution in [2.24, 2.45) is 0 Å². The van der Waals surface area contributed by atoms with Gasteiger partial charge in [-0.15, -0.1) is 0 Å². The molecule has 2 atom stereocenters. The Balaban J connectivity index is 1.63. The molecule has 0 saturated heterocycles. The van der Waals surface area contributed by atoms with Gasteiger partial charge in [0.1, 0.15) is 32.2 Å². The van der Waals surface area contributed by atoms with E-state index in [9.17, 15) is 19.2 Å². The van der Waals surface area contributed by atoms with Gasteiger partial charge in [0, 0.05) is 30.7 Å². The van der Waals surface area contributed by atoms with Crippen LogP contribution in [-0.4, -0.2) is 75.9 Å². The highest BCUT2D eigenvalue weighted by atomic mass is 16.6. The van der Waals surface area contributed by atoms with Crippen LogP contribution in [-0.2, 0) is 38.0 Å². The molecule has 2 rings (SSSR count). The molecule has 0 radical (unpaired) electrons. The van der Waals surface area contributed by atoms with Crippen molar-refractivity contribution in [3.8, 4) is 0 Å². The topological polar surface area (TPSA) is 148 Å². The van der Waals surface area contributed by atoms with Crippen LogP contribution >= 0.6 is 0 Å². The van der Waals surface area contributed by atoms with Crippen LogP contribution < -0.4 is 10.6 Å². The van der Waals surface area contributed by atoms with E-state index in [-0.39, 0.29) is 37.6 Å². The number of ether oxygens (including phenoxy) is 6. The smallest absolute Gasteiger partial charge is 0.407 e. The van der Waals surface area contributed by atoms with E-state index in [4.69, 9.17) is 28.4 Å². The van der Waals surface area contributed by atoms with E-state index in [1.807, 2.05) is 36.5 Å². The molecule has 0 heterocycles. The minimum atomic E-state index is -0.795. The second-order valence-electron chi connectivity index (χ2n) is 10.9. The molecule has 0 bridgehead atoms. The van der Waals surface area contributed by atoms with Crippen molar-refractivity contribution >= 4 is 24.1 Å². The van der Waals surface area contributed by atoms with Crippen LogP contribution in [0.4, 0.5) is 9.59 Å². The average molecular weight is 645 g/mol. The largest absolute Gasteiger partial charge is 0.494 e. The first kappa shape index (κ1) is 37.7. The minimum Gasteiger partial charge on any atom is -0.494 e. The molecule has 2 aliphatic rings.